The minimum atomic E-state index is -2.28. The third-order valence-corrected chi connectivity index (χ3v) is 1.68. The maximum Gasteiger partial charge on any atom is 2.00 e. The van der Waals surface area contributed by atoms with Crippen molar-refractivity contribution in [3.8, 4) is 0 Å². The van der Waals surface area contributed by atoms with E-state index in [4.69, 9.17) is 34.8 Å². The van der Waals surface area contributed by atoms with Gasteiger partial charge in [0.1, 0.15) is 0 Å². The molecule has 0 bridgehead atoms. The molecule has 0 radical (unpaired) electrons. The Balaban J connectivity index is -0.000000200. The first kappa shape index (κ1) is 21.6. The van der Waals surface area contributed by atoms with Gasteiger partial charge in [-0.1, -0.05) is 54.6 Å². The van der Waals surface area contributed by atoms with Crippen molar-refractivity contribution >= 4 is 46.7 Å². The van der Waals surface area contributed by atoms with Crippen molar-refractivity contribution in [3.63, 3.8) is 0 Å². The number of halogens is 3. The minimum Gasteiger partial charge on any atom is -0.550 e. The van der Waals surface area contributed by atoms with E-state index in [2.05, 4.69) is 0 Å². The molecule has 0 aromatic heterocycles. The molecule has 0 saturated heterocycles. The van der Waals surface area contributed by atoms with Gasteiger partial charge in [0.05, 0.1) is 5.97 Å². The molecule has 0 spiro atoms. The van der Waals surface area contributed by atoms with Gasteiger partial charge in [-0.05, 0) is 12.8 Å². The van der Waals surface area contributed by atoms with E-state index in [-0.39, 0.29) is 22.9 Å². The quantitative estimate of drug-likeness (QED) is 0.423. The zero-order valence-corrected chi connectivity index (χ0v) is 11.7. The Labute approximate surface area is 119 Å². The van der Waals surface area contributed by atoms with Gasteiger partial charge in [0.15, 0.2) is 0 Å². The van der Waals surface area contributed by atoms with E-state index in [9.17, 15) is 19.8 Å². The van der Waals surface area contributed by atoms with Crippen LogP contribution in [-0.4, -0.2) is 15.7 Å². The molecule has 8 heteroatoms. The first-order valence-corrected chi connectivity index (χ1v) is 5.33. The largest absolute Gasteiger partial charge is 2.00 e. The van der Waals surface area contributed by atoms with Gasteiger partial charge in [-0.15, -0.1) is 0 Å². The Kier molecular flexibility index (Phi) is 15.9. The van der Waals surface area contributed by atoms with Crippen LogP contribution in [0.4, 0.5) is 0 Å². The Morgan fingerprint density at radius 2 is 1.50 bits per heavy atom. The van der Waals surface area contributed by atoms with Crippen LogP contribution >= 0.6 is 34.8 Å². The molecule has 0 unspecified atom stereocenters. The average Bonchev–Trinajstić information content (AvgIpc) is 2.03. The predicted molar refractivity (Wildman–Crippen MR) is 54.4 cm³/mol. The summed E-state index contributed by atoms with van der Waals surface area (Å²) in [7, 11) is 0. The standard InChI is InChI=1S/C6H12O2.C2HCl3O2.Ni/c1-2-3-4-5-6(7)8;3-2(4,5)1(6)7;/h2-5H2,1H3,(H,7,8);(H,6,7);/q;;+2/p-2. The summed E-state index contributed by atoms with van der Waals surface area (Å²) >= 11 is 14.2. The third-order valence-electron chi connectivity index (χ3n) is 1.22. The molecule has 0 aliphatic heterocycles. The van der Waals surface area contributed by atoms with Crippen molar-refractivity contribution in [2.45, 2.75) is 36.4 Å². The molecule has 0 heterocycles. The van der Waals surface area contributed by atoms with Gasteiger partial charge in [-0.3, -0.25) is 0 Å². The number of unbranched alkanes of at least 4 members (excludes halogenated alkanes) is 2. The van der Waals surface area contributed by atoms with Crippen LogP contribution in [0.25, 0.3) is 0 Å². The van der Waals surface area contributed by atoms with E-state index in [1.54, 1.807) is 0 Å². The van der Waals surface area contributed by atoms with E-state index in [0.717, 1.165) is 19.3 Å². The van der Waals surface area contributed by atoms with E-state index >= 15 is 0 Å². The fraction of sp³-hybridized carbons (Fsp3) is 0.750. The molecule has 0 aliphatic rings. The van der Waals surface area contributed by atoms with Gasteiger partial charge >= 0.3 is 16.5 Å². The Bertz CT molecular complexity index is 206. The van der Waals surface area contributed by atoms with Crippen molar-refractivity contribution in [1.82, 2.24) is 0 Å². The van der Waals surface area contributed by atoms with Crippen molar-refractivity contribution in [2.75, 3.05) is 0 Å². The Hall–Kier alpha value is 0.304. The molecule has 0 aromatic carbocycles. The maximum atomic E-state index is 9.76. The van der Waals surface area contributed by atoms with Crippen molar-refractivity contribution in [3.05, 3.63) is 0 Å². The maximum absolute atomic E-state index is 9.76. The molecule has 0 rings (SSSR count). The molecule has 4 nitrogen and oxygen atoms in total. The summed E-state index contributed by atoms with van der Waals surface area (Å²) in [6.07, 6.45) is 3.04. The number of carbonyl (C=O) groups is 2. The van der Waals surface area contributed by atoms with Gasteiger partial charge in [0.25, 0.3) is 0 Å². The zero-order chi connectivity index (χ0) is 12.5. The van der Waals surface area contributed by atoms with Gasteiger partial charge in [0, 0.05) is 5.97 Å². The number of alkyl halides is 3. The molecular formula is C8H11Cl3NiO4. The molecule has 0 aromatic rings. The van der Waals surface area contributed by atoms with Gasteiger partial charge in [-0.2, -0.15) is 0 Å². The van der Waals surface area contributed by atoms with Crippen LogP contribution in [0.15, 0.2) is 0 Å². The van der Waals surface area contributed by atoms with Crippen LogP contribution in [0.5, 0.6) is 0 Å². The van der Waals surface area contributed by atoms with Crippen LogP contribution in [-0.2, 0) is 26.1 Å². The number of rotatable bonds is 4. The fourth-order valence-corrected chi connectivity index (χ4v) is 0.519. The first-order valence-electron chi connectivity index (χ1n) is 4.19. The van der Waals surface area contributed by atoms with Crippen LogP contribution in [0.3, 0.4) is 0 Å². The van der Waals surface area contributed by atoms with Crippen LogP contribution < -0.4 is 10.2 Å². The van der Waals surface area contributed by atoms with E-state index in [1.165, 1.54) is 0 Å². The zero-order valence-electron chi connectivity index (χ0n) is 8.41. The van der Waals surface area contributed by atoms with E-state index in [1.807, 2.05) is 6.92 Å². The molecule has 98 valence electrons. The molecule has 16 heavy (non-hydrogen) atoms. The Morgan fingerprint density at radius 3 is 1.69 bits per heavy atom. The number of hydrogen-bond acceptors (Lipinski definition) is 4. The monoisotopic (exact) mass is 334 g/mol. The number of carbonyl (C=O) groups excluding carboxylic acids is 2. The predicted octanol–water partition coefficient (Wildman–Crippen LogP) is 0.421. The molecule has 0 fully saturated rings. The summed E-state index contributed by atoms with van der Waals surface area (Å²) in [5.41, 5.74) is 0. The minimum absolute atomic E-state index is 0. The SMILES string of the molecule is CCCCCC(=O)[O-].O=C([O-])C(Cl)(Cl)Cl.[Ni+2]. The third kappa shape index (κ3) is 19.8. The molecule has 0 aliphatic carbocycles. The van der Waals surface area contributed by atoms with Crippen LogP contribution in [0.2, 0.25) is 0 Å². The van der Waals surface area contributed by atoms with Crippen LogP contribution in [0, 0.1) is 0 Å². The van der Waals surface area contributed by atoms with Gasteiger partial charge < -0.3 is 19.8 Å². The molecule has 0 N–H and O–H groups in total. The number of aliphatic carboxylic acids is 2. The summed E-state index contributed by atoms with van der Waals surface area (Å²) in [5.74, 6) is -2.64. The van der Waals surface area contributed by atoms with Gasteiger partial charge in [0.2, 0.25) is 3.79 Å². The average molecular weight is 336 g/mol. The summed E-state index contributed by atoms with van der Waals surface area (Å²) in [4.78, 5) is 19.3. The summed E-state index contributed by atoms with van der Waals surface area (Å²) in [6, 6.07) is 0. The van der Waals surface area contributed by atoms with Crippen LogP contribution in [0.1, 0.15) is 32.6 Å². The van der Waals surface area contributed by atoms with Crippen molar-refractivity contribution in [1.29, 1.82) is 0 Å². The fourth-order valence-electron chi connectivity index (χ4n) is 0.519. The van der Waals surface area contributed by atoms with Gasteiger partial charge in [-0.25, -0.2) is 0 Å². The summed E-state index contributed by atoms with van der Waals surface area (Å²) in [6.45, 7) is 2.04. The first-order chi connectivity index (χ1) is 6.71. The molecule has 0 amide bonds. The second-order valence-corrected chi connectivity index (χ2v) is 4.90. The number of carboxylic acid groups (broad SMARTS) is 2. The smallest absolute Gasteiger partial charge is 0.550 e. The van der Waals surface area contributed by atoms with Crippen molar-refractivity contribution < 1.29 is 36.3 Å². The summed E-state index contributed by atoms with van der Waals surface area (Å²) < 4.78 is -2.28. The van der Waals surface area contributed by atoms with E-state index < -0.39 is 15.7 Å². The van der Waals surface area contributed by atoms with Crippen molar-refractivity contribution in [2.24, 2.45) is 0 Å². The topological polar surface area (TPSA) is 80.3 Å². The molecule has 0 atom stereocenters. The number of hydrogen-bond donors (Lipinski definition) is 0. The normalized spacial score (nSPS) is 9.50. The molecule has 0 saturated carbocycles. The second kappa shape index (κ2) is 11.8. The number of carboxylic acids is 2. The second-order valence-electron chi connectivity index (χ2n) is 2.61. The molecular weight excluding hydrogens is 325 g/mol. The summed E-state index contributed by atoms with van der Waals surface area (Å²) in [5, 5.41) is 19.3. The van der Waals surface area contributed by atoms with E-state index in [0.29, 0.717) is 0 Å². The Morgan fingerprint density at radius 1 is 1.12 bits per heavy atom.